The molecule has 2 fully saturated rings. The van der Waals surface area contributed by atoms with Gasteiger partial charge in [-0.25, -0.2) is 0 Å². The molecule has 88 valence electrons. The molecule has 0 bridgehead atoms. The van der Waals surface area contributed by atoms with E-state index in [1.807, 2.05) is 0 Å². The first-order valence-electron chi connectivity index (χ1n) is 6.20. The predicted molar refractivity (Wildman–Crippen MR) is 63.7 cm³/mol. The second kappa shape index (κ2) is 3.99. The van der Waals surface area contributed by atoms with Crippen LogP contribution in [0.4, 0.5) is 0 Å². The zero-order chi connectivity index (χ0) is 11.8. The lowest BCUT2D eigenvalue weighted by molar-refractivity contribution is 0.0879. The fraction of sp³-hybridized carbons (Fsp3) is 0.429. The quantitative estimate of drug-likeness (QED) is 0.694. The smallest absolute Gasteiger partial charge is 0.258 e. The Morgan fingerprint density at radius 2 is 1.47 bits per heavy atom. The van der Waals surface area contributed by atoms with E-state index in [1.54, 1.807) is 43.5 Å². The third kappa shape index (κ3) is 1.97. The minimum Gasteiger partial charge on any atom is -0.288 e. The SMILES string of the molecule is C1CC2CC2C1.O=C1NC(=O)c2ccccc21. The Kier molecular flexibility index (Phi) is 2.46. The highest BCUT2D eigenvalue weighted by atomic mass is 16.2. The number of carbonyl (C=O) groups excluding carboxylic acids is 2. The molecule has 2 saturated carbocycles. The molecular formula is C14H15NO2. The van der Waals surface area contributed by atoms with Gasteiger partial charge in [0.2, 0.25) is 0 Å². The van der Waals surface area contributed by atoms with E-state index in [9.17, 15) is 9.59 Å². The van der Waals surface area contributed by atoms with Crippen molar-refractivity contribution in [1.82, 2.24) is 5.32 Å². The molecule has 1 aromatic rings. The number of amides is 2. The predicted octanol–water partition coefficient (Wildman–Crippen LogP) is 2.38. The molecule has 2 amide bonds. The van der Waals surface area contributed by atoms with E-state index < -0.39 is 0 Å². The van der Waals surface area contributed by atoms with E-state index >= 15 is 0 Å². The van der Waals surface area contributed by atoms with Gasteiger partial charge in [0.25, 0.3) is 11.8 Å². The first-order chi connectivity index (χ1) is 8.25. The van der Waals surface area contributed by atoms with Crippen LogP contribution in [-0.2, 0) is 0 Å². The maximum absolute atomic E-state index is 10.9. The molecule has 1 N–H and O–H groups in total. The van der Waals surface area contributed by atoms with Crippen LogP contribution >= 0.6 is 0 Å². The van der Waals surface area contributed by atoms with Crippen LogP contribution in [0.1, 0.15) is 46.4 Å². The summed E-state index contributed by atoms with van der Waals surface area (Å²) < 4.78 is 0. The zero-order valence-electron chi connectivity index (χ0n) is 9.61. The highest BCUT2D eigenvalue weighted by Gasteiger charge is 2.40. The van der Waals surface area contributed by atoms with Gasteiger partial charge in [0, 0.05) is 0 Å². The Morgan fingerprint density at radius 1 is 0.941 bits per heavy atom. The van der Waals surface area contributed by atoms with Crippen LogP contribution in [0.15, 0.2) is 24.3 Å². The average molecular weight is 229 g/mol. The number of fused-ring (bicyclic) bond motifs is 2. The van der Waals surface area contributed by atoms with Crippen molar-refractivity contribution in [2.75, 3.05) is 0 Å². The van der Waals surface area contributed by atoms with Crippen molar-refractivity contribution in [3.63, 3.8) is 0 Å². The molecule has 0 saturated heterocycles. The van der Waals surface area contributed by atoms with Gasteiger partial charge in [-0.15, -0.1) is 0 Å². The molecule has 2 aliphatic carbocycles. The Hall–Kier alpha value is -1.64. The fourth-order valence-corrected chi connectivity index (χ4v) is 2.78. The van der Waals surface area contributed by atoms with Crippen molar-refractivity contribution in [3.05, 3.63) is 35.4 Å². The molecule has 1 aliphatic heterocycles. The Labute approximate surface area is 100 Å². The third-order valence-corrected chi connectivity index (χ3v) is 3.86. The summed E-state index contributed by atoms with van der Waals surface area (Å²) in [5.74, 6) is 1.83. The second-order valence-corrected chi connectivity index (χ2v) is 5.02. The summed E-state index contributed by atoms with van der Waals surface area (Å²) in [7, 11) is 0. The normalized spacial score (nSPS) is 27.8. The molecule has 3 heteroatoms. The highest BCUT2D eigenvalue weighted by molar-refractivity contribution is 6.21. The summed E-state index contributed by atoms with van der Waals surface area (Å²) in [6, 6.07) is 6.74. The molecule has 3 nitrogen and oxygen atoms in total. The van der Waals surface area contributed by atoms with Crippen molar-refractivity contribution in [1.29, 1.82) is 0 Å². The Bertz CT molecular complexity index is 440. The Morgan fingerprint density at radius 3 is 1.82 bits per heavy atom. The van der Waals surface area contributed by atoms with Crippen molar-refractivity contribution in [2.45, 2.75) is 25.7 Å². The highest BCUT2D eigenvalue weighted by Crippen LogP contribution is 2.51. The van der Waals surface area contributed by atoms with Gasteiger partial charge in [0.15, 0.2) is 0 Å². The molecule has 1 aromatic carbocycles. The van der Waals surface area contributed by atoms with Crippen molar-refractivity contribution in [3.8, 4) is 0 Å². The average Bonchev–Trinajstić information content (AvgIpc) is 2.84. The maximum Gasteiger partial charge on any atom is 0.258 e. The van der Waals surface area contributed by atoms with Crippen LogP contribution in [0.5, 0.6) is 0 Å². The van der Waals surface area contributed by atoms with Gasteiger partial charge in [-0.2, -0.15) is 0 Å². The molecule has 0 radical (unpaired) electrons. The molecule has 4 rings (SSSR count). The van der Waals surface area contributed by atoms with E-state index in [0.717, 1.165) is 0 Å². The molecule has 2 atom stereocenters. The Balaban J connectivity index is 0.000000125. The topological polar surface area (TPSA) is 46.2 Å². The van der Waals surface area contributed by atoms with E-state index in [1.165, 1.54) is 18.3 Å². The van der Waals surface area contributed by atoms with E-state index in [4.69, 9.17) is 0 Å². The monoisotopic (exact) mass is 229 g/mol. The molecule has 3 aliphatic rings. The molecular weight excluding hydrogens is 214 g/mol. The number of hydrogen-bond donors (Lipinski definition) is 1. The summed E-state index contributed by atoms with van der Waals surface area (Å²) in [6.07, 6.45) is 6.24. The van der Waals surface area contributed by atoms with Crippen LogP contribution in [0.25, 0.3) is 0 Å². The van der Waals surface area contributed by atoms with Gasteiger partial charge < -0.3 is 0 Å². The maximum atomic E-state index is 10.9. The fourth-order valence-electron chi connectivity index (χ4n) is 2.78. The molecule has 0 aromatic heterocycles. The van der Waals surface area contributed by atoms with Crippen LogP contribution in [0.2, 0.25) is 0 Å². The zero-order valence-corrected chi connectivity index (χ0v) is 9.61. The van der Waals surface area contributed by atoms with Crippen LogP contribution in [-0.4, -0.2) is 11.8 Å². The largest absolute Gasteiger partial charge is 0.288 e. The molecule has 1 heterocycles. The van der Waals surface area contributed by atoms with Gasteiger partial charge >= 0.3 is 0 Å². The van der Waals surface area contributed by atoms with Gasteiger partial charge in [-0.05, 0) is 30.4 Å². The standard InChI is InChI=1S/C8H5NO2.C6H10/c10-7-5-3-1-2-4-6(5)8(11)9-7;1-2-5-4-6(5)3-1/h1-4H,(H,9,10,11);5-6H,1-4H2. The lowest BCUT2D eigenvalue weighted by Crippen LogP contribution is -2.19. The molecule has 0 spiro atoms. The van der Waals surface area contributed by atoms with Crippen molar-refractivity contribution < 1.29 is 9.59 Å². The minimum absolute atomic E-state index is 0.300. The van der Waals surface area contributed by atoms with E-state index in [-0.39, 0.29) is 11.8 Å². The van der Waals surface area contributed by atoms with Crippen LogP contribution in [0, 0.1) is 11.8 Å². The summed E-state index contributed by atoms with van der Waals surface area (Å²) in [6.45, 7) is 0. The van der Waals surface area contributed by atoms with Gasteiger partial charge in [0.1, 0.15) is 0 Å². The summed E-state index contributed by atoms with van der Waals surface area (Å²) in [5.41, 5.74) is 0.940. The van der Waals surface area contributed by atoms with Gasteiger partial charge in [-0.3, -0.25) is 14.9 Å². The molecule has 17 heavy (non-hydrogen) atoms. The van der Waals surface area contributed by atoms with Gasteiger partial charge in [-0.1, -0.05) is 31.4 Å². The number of hydrogen-bond acceptors (Lipinski definition) is 2. The number of benzene rings is 1. The van der Waals surface area contributed by atoms with E-state index in [0.29, 0.717) is 11.1 Å². The number of nitrogens with one attached hydrogen (secondary N) is 1. The lowest BCUT2D eigenvalue weighted by Gasteiger charge is -1.88. The molecule has 2 unspecified atom stereocenters. The first-order valence-corrected chi connectivity index (χ1v) is 6.20. The second-order valence-electron chi connectivity index (χ2n) is 5.02. The van der Waals surface area contributed by atoms with Crippen molar-refractivity contribution in [2.24, 2.45) is 11.8 Å². The van der Waals surface area contributed by atoms with Crippen LogP contribution < -0.4 is 5.32 Å². The lowest BCUT2D eigenvalue weighted by atomic mass is 10.1. The first kappa shape index (κ1) is 10.5. The van der Waals surface area contributed by atoms with E-state index in [2.05, 4.69) is 5.32 Å². The summed E-state index contributed by atoms with van der Waals surface area (Å²) in [4.78, 5) is 21.9. The number of imide groups is 1. The third-order valence-electron chi connectivity index (χ3n) is 3.86. The van der Waals surface area contributed by atoms with Crippen LogP contribution in [0.3, 0.4) is 0 Å². The van der Waals surface area contributed by atoms with Crippen molar-refractivity contribution >= 4 is 11.8 Å². The number of rotatable bonds is 0. The summed E-state index contributed by atoms with van der Waals surface area (Å²) >= 11 is 0. The number of carbonyl (C=O) groups is 2. The van der Waals surface area contributed by atoms with Gasteiger partial charge in [0.05, 0.1) is 11.1 Å². The summed E-state index contributed by atoms with van der Waals surface area (Å²) in [5, 5.41) is 2.20. The minimum atomic E-state index is -0.300.